The lowest BCUT2D eigenvalue weighted by Gasteiger charge is -2.21. The number of nitrogens with one attached hydrogen (secondary N) is 1. The number of aliphatic hydroxyl groups excluding tert-OH is 1. The summed E-state index contributed by atoms with van der Waals surface area (Å²) in [4.78, 5) is 0. The van der Waals surface area contributed by atoms with E-state index in [1.165, 1.54) is 11.1 Å². The Bertz CT molecular complexity index is 320. The predicted molar refractivity (Wildman–Crippen MR) is 77.9 cm³/mol. The molecule has 0 heterocycles. The summed E-state index contributed by atoms with van der Waals surface area (Å²) in [5.41, 5.74) is 2.73. The number of hydrogen-bond donors (Lipinski definition) is 2. The summed E-state index contributed by atoms with van der Waals surface area (Å²) in [5.74, 6) is 0. The van der Waals surface area contributed by atoms with Crippen LogP contribution in [-0.4, -0.2) is 23.8 Å². The van der Waals surface area contributed by atoms with Gasteiger partial charge in [0.15, 0.2) is 0 Å². The van der Waals surface area contributed by atoms with Crippen LogP contribution >= 0.6 is 0 Å². The average molecular weight is 249 g/mol. The van der Waals surface area contributed by atoms with Gasteiger partial charge in [-0.15, -0.1) is 0 Å². The molecule has 2 N–H and O–H groups in total. The van der Waals surface area contributed by atoms with Crippen LogP contribution in [0.5, 0.6) is 0 Å². The van der Waals surface area contributed by atoms with Crippen LogP contribution in [0.2, 0.25) is 0 Å². The van der Waals surface area contributed by atoms with Gasteiger partial charge in [0.25, 0.3) is 0 Å². The van der Waals surface area contributed by atoms with E-state index in [1.807, 2.05) is 0 Å². The number of aryl methyl sites for hydroxylation is 2. The first-order valence-corrected chi connectivity index (χ1v) is 7.08. The third kappa shape index (κ3) is 5.65. The summed E-state index contributed by atoms with van der Waals surface area (Å²) in [6, 6.07) is 9.73. The van der Waals surface area contributed by atoms with Gasteiger partial charge in [0.1, 0.15) is 0 Å². The monoisotopic (exact) mass is 249 g/mol. The van der Waals surface area contributed by atoms with Crippen LogP contribution in [0.1, 0.15) is 44.2 Å². The predicted octanol–water partition coefficient (Wildman–Crippen LogP) is 3.07. The zero-order valence-corrected chi connectivity index (χ0v) is 11.9. The standard InChI is InChI=1S/C16H27NO/c1-4-16(11-12-18)17-14(3)7-10-15-8-5-13(2)6-9-15/h5-6,8-9,14,16-18H,4,7,10-12H2,1-3H3. The van der Waals surface area contributed by atoms with Crippen molar-refractivity contribution in [2.75, 3.05) is 6.61 Å². The third-order valence-electron chi connectivity index (χ3n) is 3.48. The fourth-order valence-corrected chi connectivity index (χ4v) is 2.18. The second kappa shape index (κ2) is 8.28. The van der Waals surface area contributed by atoms with E-state index in [9.17, 15) is 0 Å². The molecule has 2 heteroatoms. The van der Waals surface area contributed by atoms with Gasteiger partial charge < -0.3 is 10.4 Å². The molecule has 18 heavy (non-hydrogen) atoms. The minimum Gasteiger partial charge on any atom is -0.396 e. The van der Waals surface area contributed by atoms with Gasteiger partial charge in [-0.05, 0) is 45.1 Å². The Hall–Kier alpha value is -0.860. The first-order chi connectivity index (χ1) is 8.65. The van der Waals surface area contributed by atoms with Crippen molar-refractivity contribution in [2.24, 2.45) is 0 Å². The van der Waals surface area contributed by atoms with Gasteiger partial charge in [0.2, 0.25) is 0 Å². The van der Waals surface area contributed by atoms with Crippen molar-refractivity contribution in [2.45, 2.75) is 58.5 Å². The number of aliphatic hydroxyl groups is 1. The normalized spacial score (nSPS) is 14.4. The molecular formula is C16H27NO. The molecule has 2 unspecified atom stereocenters. The van der Waals surface area contributed by atoms with Gasteiger partial charge in [-0.3, -0.25) is 0 Å². The molecule has 1 rings (SSSR count). The maximum Gasteiger partial charge on any atom is 0.0445 e. The molecule has 0 fully saturated rings. The van der Waals surface area contributed by atoms with E-state index in [0.29, 0.717) is 12.1 Å². The van der Waals surface area contributed by atoms with Crippen LogP contribution in [0.25, 0.3) is 0 Å². The summed E-state index contributed by atoms with van der Waals surface area (Å²) in [7, 11) is 0. The summed E-state index contributed by atoms with van der Waals surface area (Å²) in [5, 5.41) is 12.6. The van der Waals surface area contributed by atoms with Crippen molar-refractivity contribution in [3.63, 3.8) is 0 Å². The number of hydrogen-bond acceptors (Lipinski definition) is 2. The molecule has 2 nitrogen and oxygen atoms in total. The molecule has 102 valence electrons. The molecule has 0 aliphatic rings. The van der Waals surface area contributed by atoms with E-state index < -0.39 is 0 Å². The van der Waals surface area contributed by atoms with Crippen LogP contribution in [0.3, 0.4) is 0 Å². The molecule has 0 aromatic heterocycles. The fourth-order valence-electron chi connectivity index (χ4n) is 2.18. The molecule has 1 aromatic carbocycles. The molecule has 0 spiro atoms. The first kappa shape index (κ1) is 15.2. The quantitative estimate of drug-likeness (QED) is 0.742. The highest BCUT2D eigenvalue weighted by Gasteiger charge is 2.09. The minimum atomic E-state index is 0.274. The molecule has 0 aliphatic carbocycles. The molecule has 0 aliphatic heterocycles. The van der Waals surface area contributed by atoms with Gasteiger partial charge >= 0.3 is 0 Å². The van der Waals surface area contributed by atoms with Crippen molar-refractivity contribution in [3.05, 3.63) is 35.4 Å². The first-order valence-electron chi connectivity index (χ1n) is 7.08. The van der Waals surface area contributed by atoms with Crippen LogP contribution in [0.15, 0.2) is 24.3 Å². The summed E-state index contributed by atoms with van der Waals surface area (Å²) in [6.07, 6.45) is 4.19. The molecule has 0 saturated carbocycles. The fraction of sp³-hybridized carbons (Fsp3) is 0.625. The average Bonchev–Trinajstić information content (AvgIpc) is 2.37. The van der Waals surface area contributed by atoms with Crippen molar-refractivity contribution >= 4 is 0 Å². The van der Waals surface area contributed by atoms with Crippen molar-refractivity contribution in [3.8, 4) is 0 Å². The van der Waals surface area contributed by atoms with E-state index in [0.717, 1.165) is 25.7 Å². The Morgan fingerprint density at radius 1 is 1.17 bits per heavy atom. The second-order valence-corrected chi connectivity index (χ2v) is 5.21. The Morgan fingerprint density at radius 2 is 1.83 bits per heavy atom. The number of rotatable bonds is 8. The molecular weight excluding hydrogens is 222 g/mol. The Kier molecular flexibility index (Phi) is 6.99. The largest absolute Gasteiger partial charge is 0.396 e. The lowest BCUT2D eigenvalue weighted by atomic mass is 10.0. The lowest BCUT2D eigenvalue weighted by Crippen LogP contribution is -2.37. The summed E-state index contributed by atoms with van der Waals surface area (Å²) in [6.45, 7) is 6.79. The third-order valence-corrected chi connectivity index (χ3v) is 3.48. The second-order valence-electron chi connectivity index (χ2n) is 5.21. The van der Waals surface area contributed by atoms with Gasteiger partial charge in [0, 0.05) is 18.7 Å². The van der Waals surface area contributed by atoms with Crippen molar-refractivity contribution < 1.29 is 5.11 Å². The van der Waals surface area contributed by atoms with E-state index in [4.69, 9.17) is 5.11 Å². The minimum absolute atomic E-state index is 0.274. The molecule has 0 saturated heterocycles. The Labute approximate surface area is 111 Å². The van der Waals surface area contributed by atoms with E-state index >= 15 is 0 Å². The topological polar surface area (TPSA) is 32.3 Å². The lowest BCUT2D eigenvalue weighted by molar-refractivity contribution is 0.255. The molecule has 0 radical (unpaired) electrons. The molecule has 2 atom stereocenters. The van der Waals surface area contributed by atoms with Crippen LogP contribution in [0.4, 0.5) is 0 Å². The van der Waals surface area contributed by atoms with E-state index in [2.05, 4.69) is 50.4 Å². The molecule has 0 amide bonds. The van der Waals surface area contributed by atoms with Crippen molar-refractivity contribution in [1.29, 1.82) is 0 Å². The Balaban J connectivity index is 2.31. The van der Waals surface area contributed by atoms with Crippen LogP contribution in [-0.2, 0) is 6.42 Å². The van der Waals surface area contributed by atoms with Crippen LogP contribution in [0, 0.1) is 6.92 Å². The van der Waals surface area contributed by atoms with E-state index in [1.54, 1.807) is 0 Å². The Morgan fingerprint density at radius 3 is 2.39 bits per heavy atom. The summed E-state index contributed by atoms with van der Waals surface area (Å²) >= 11 is 0. The zero-order valence-electron chi connectivity index (χ0n) is 11.9. The van der Waals surface area contributed by atoms with E-state index in [-0.39, 0.29) is 6.61 Å². The number of benzene rings is 1. The maximum absolute atomic E-state index is 8.97. The highest BCUT2D eigenvalue weighted by Crippen LogP contribution is 2.08. The van der Waals surface area contributed by atoms with Crippen LogP contribution < -0.4 is 5.32 Å². The maximum atomic E-state index is 8.97. The highest BCUT2D eigenvalue weighted by atomic mass is 16.3. The highest BCUT2D eigenvalue weighted by molar-refractivity contribution is 5.21. The van der Waals surface area contributed by atoms with Gasteiger partial charge in [-0.2, -0.15) is 0 Å². The smallest absolute Gasteiger partial charge is 0.0445 e. The molecule has 1 aromatic rings. The summed E-state index contributed by atoms with van der Waals surface area (Å²) < 4.78 is 0. The molecule has 0 bridgehead atoms. The van der Waals surface area contributed by atoms with Crippen molar-refractivity contribution in [1.82, 2.24) is 5.32 Å². The SMILES string of the molecule is CCC(CCO)NC(C)CCc1ccc(C)cc1. The van der Waals surface area contributed by atoms with Gasteiger partial charge in [-0.25, -0.2) is 0 Å². The zero-order chi connectivity index (χ0) is 13.4. The van der Waals surface area contributed by atoms with Gasteiger partial charge in [0.05, 0.1) is 0 Å². The van der Waals surface area contributed by atoms with Gasteiger partial charge in [-0.1, -0.05) is 36.8 Å².